The van der Waals surface area contributed by atoms with Gasteiger partial charge < -0.3 is 0 Å². The zero-order valence-corrected chi connectivity index (χ0v) is 9.65. The topological polar surface area (TPSA) is 12.9 Å². The quantitative estimate of drug-likeness (QED) is 0.719. The molecule has 0 spiro atoms. The van der Waals surface area contributed by atoms with E-state index in [-0.39, 0.29) is 0 Å². The molecule has 82 valence electrons. The Balaban J connectivity index is 1.88. The molecule has 1 aromatic heterocycles. The van der Waals surface area contributed by atoms with Crippen LogP contribution in [0.5, 0.6) is 0 Å². The molecule has 1 fully saturated rings. The van der Waals surface area contributed by atoms with Gasteiger partial charge >= 0.3 is 0 Å². The zero-order valence-electron chi connectivity index (χ0n) is 9.65. The van der Waals surface area contributed by atoms with Crippen LogP contribution >= 0.6 is 0 Å². The molecular weight excluding hydrogens is 182 g/mol. The van der Waals surface area contributed by atoms with E-state index in [0.29, 0.717) is 0 Å². The molecule has 0 aromatic carbocycles. The van der Waals surface area contributed by atoms with Gasteiger partial charge in [0.2, 0.25) is 0 Å². The third kappa shape index (κ3) is 2.80. The lowest BCUT2D eigenvalue weighted by molar-refractivity contribution is 0.308. The molecule has 1 heteroatoms. The first-order valence-electron chi connectivity index (χ1n) is 6.30. The first-order chi connectivity index (χ1) is 7.40. The van der Waals surface area contributed by atoms with Crippen LogP contribution in [0.4, 0.5) is 0 Å². The molecule has 0 amide bonds. The maximum absolute atomic E-state index is 4.08. The minimum Gasteiger partial charge on any atom is -0.265 e. The molecule has 1 saturated carbocycles. The SMILES string of the molecule is CCC[C@H]1CC[C@H](c2ccncc2)CC1. The van der Waals surface area contributed by atoms with Gasteiger partial charge in [0.1, 0.15) is 0 Å². The van der Waals surface area contributed by atoms with Crippen molar-refractivity contribution in [3.8, 4) is 0 Å². The van der Waals surface area contributed by atoms with Crippen LogP contribution in [0.15, 0.2) is 24.5 Å². The van der Waals surface area contributed by atoms with Crippen LogP contribution < -0.4 is 0 Å². The Labute approximate surface area is 92.9 Å². The van der Waals surface area contributed by atoms with Gasteiger partial charge in [-0.05, 0) is 55.2 Å². The Morgan fingerprint density at radius 2 is 1.80 bits per heavy atom. The first kappa shape index (κ1) is 10.7. The predicted octanol–water partition coefficient (Wildman–Crippen LogP) is 4.16. The van der Waals surface area contributed by atoms with Crippen LogP contribution in [0.25, 0.3) is 0 Å². The second-order valence-electron chi connectivity index (χ2n) is 4.79. The monoisotopic (exact) mass is 203 g/mol. The number of hydrogen-bond donors (Lipinski definition) is 0. The fourth-order valence-corrected chi connectivity index (χ4v) is 2.83. The van der Waals surface area contributed by atoms with Crippen molar-refractivity contribution in [3.63, 3.8) is 0 Å². The minimum atomic E-state index is 0.807. The van der Waals surface area contributed by atoms with E-state index in [1.165, 1.54) is 44.1 Å². The molecular formula is C14H21N. The van der Waals surface area contributed by atoms with Crippen molar-refractivity contribution < 1.29 is 0 Å². The Bertz CT molecular complexity index is 273. The number of nitrogens with zero attached hydrogens (tertiary/aromatic N) is 1. The number of rotatable bonds is 3. The summed E-state index contributed by atoms with van der Waals surface area (Å²) in [5.74, 6) is 1.81. The minimum absolute atomic E-state index is 0.807. The highest BCUT2D eigenvalue weighted by Crippen LogP contribution is 2.37. The van der Waals surface area contributed by atoms with Crippen LogP contribution in [0.1, 0.15) is 56.9 Å². The van der Waals surface area contributed by atoms with E-state index < -0.39 is 0 Å². The average molecular weight is 203 g/mol. The van der Waals surface area contributed by atoms with Gasteiger partial charge in [-0.25, -0.2) is 0 Å². The van der Waals surface area contributed by atoms with Crippen LogP contribution in [0.3, 0.4) is 0 Å². The maximum Gasteiger partial charge on any atom is 0.0270 e. The lowest BCUT2D eigenvalue weighted by Gasteiger charge is -2.28. The van der Waals surface area contributed by atoms with Gasteiger partial charge in [0.15, 0.2) is 0 Å². The number of aromatic nitrogens is 1. The van der Waals surface area contributed by atoms with Crippen molar-refractivity contribution >= 4 is 0 Å². The molecule has 0 radical (unpaired) electrons. The summed E-state index contributed by atoms with van der Waals surface area (Å²) in [6, 6.07) is 4.37. The van der Waals surface area contributed by atoms with E-state index in [1.54, 1.807) is 0 Å². The Kier molecular flexibility index (Phi) is 3.76. The standard InChI is InChI=1S/C14H21N/c1-2-3-12-4-6-13(7-5-12)14-8-10-15-11-9-14/h8-13H,2-7H2,1H3/t12-,13-. The second-order valence-corrected chi connectivity index (χ2v) is 4.79. The molecule has 0 bridgehead atoms. The van der Waals surface area contributed by atoms with Crippen molar-refractivity contribution in [2.45, 2.75) is 51.4 Å². The van der Waals surface area contributed by atoms with Crippen LogP contribution in [-0.2, 0) is 0 Å². The summed E-state index contributed by atoms with van der Waals surface area (Å²) in [5, 5.41) is 0. The predicted molar refractivity (Wildman–Crippen MR) is 63.8 cm³/mol. The van der Waals surface area contributed by atoms with Gasteiger partial charge in [-0.1, -0.05) is 19.8 Å². The normalized spacial score (nSPS) is 26.5. The van der Waals surface area contributed by atoms with Crippen LogP contribution in [0, 0.1) is 5.92 Å². The Morgan fingerprint density at radius 1 is 1.13 bits per heavy atom. The molecule has 0 aliphatic heterocycles. The van der Waals surface area contributed by atoms with Gasteiger partial charge in [0.05, 0.1) is 0 Å². The molecule has 0 atom stereocenters. The lowest BCUT2D eigenvalue weighted by Crippen LogP contribution is -2.13. The van der Waals surface area contributed by atoms with Crippen LogP contribution in [-0.4, -0.2) is 4.98 Å². The summed E-state index contributed by atoms with van der Waals surface area (Å²) in [5.41, 5.74) is 1.50. The van der Waals surface area contributed by atoms with Gasteiger partial charge in [-0.2, -0.15) is 0 Å². The third-order valence-corrected chi connectivity index (χ3v) is 3.72. The summed E-state index contributed by atoms with van der Waals surface area (Å²) >= 11 is 0. The molecule has 0 saturated heterocycles. The fraction of sp³-hybridized carbons (Fsp3) is 0.643. The second kappa shape index (κ2) is 5.29. The highest BCUT2D eigenvalue weighted by atomic mass is 14.6. The third-order valence-electron chi connectivity index (χ3n) is 3.72. The largest absolute Gasteiger partial charge is 0.265 e. The molecule has 15 heavy (non-hydrogen) atoms. The van der Waals surface area contributed by atoms with Gasteiger partial charge in [0.25, 0.3) is 0 Å². The summed E-state index contributed by atoms with van der Waals surface area (Å²) < 4.78 is 0. The van der Waals surface area contributed by atoms with E-state index in [2.05, 4.69) is 24.0 Å². The van der Waals surface area contributed by atoms with E-state index in [1.807, 2.05) is 12.4 Å². The molecule has 1 nitrogen and oxygen atoms in total. The van der Waals surface area contributed by atoms with Crippen molar-refractivity contribution in [1.29, 1.82) is 0 Å². The van der Waals surface area contributed by atoms with Crippen molar-refractivity contribution in [2.24, 2.45) is 5.92 Å². The Morgan fingerprint density at radius 3 is 2.40 bits per heavy atom. The first-order valence-corrected chi connectivity index (χ1v) is 6.30. The van der Waals surface area contributed by atoms with E-state index in [9.17, 15) is 0 Å². The van der Waals surface area contributed by atoms with Crippen molar-refractivity contribution in [1.82, 2.24) is 4.98 Å². The lowest BCUT2D eigenvalue weighted by atomic mass is 9.77. The van der Waals surface area contributed by atoms with Gasteiger partial charge in [0, 0.05) is 12.4 Å². The Hall–Kier alpha value is -0.850. The van der Waals surface area contributed by atoms with Gasteiger partial charge in [-0.3, -0.25) is 4.98 Å². The van der Waals surface area contributed by atoms with Crippen molar-refractivity contribution in [3.05, 3.63) is 30.1 Å². The summed E-state index contributed by atoms with van der Waals surface area (Å²) in [6.45, 7) is 2.30. The van der Waals surface area contributed by atoms with E-state index in [0.717, 1.165) is 11.8 Å². The van der Waals surface area contributed by atoms with E-state index in [4.69, 9.17) is 0 Å². The average Bonchev–Trinajstić information content (AvgIpc) is 2.32. The molecule has 0 unspecified atom stereocenters. The smallest absolute Gasteiger partial charge is 0.0270 e. The number of hydrogen-bond acceptors (Lipinski definition) is 1. The highest BCUT2D eigenvalue weighted by molar-refractivity contribution is 5.16. The molecule has 1 aliphatic carbocycles. The fourth-order valence-electron chi connectivity index (χ4n) is 2.83. The van der Waals surface area contributed by atoms with E-state index >= 15 is 0 Å². The van der Waals surface area contributed by atoms with Crippen molar-refractivity contribution in [2.75, 3.05) is 0 Å². The summed E-state index contributed by atoms with van der Waals surface area (Å²) in [4.78, 5) is 4.08. The molecule has 1 heterocycles. The zero-order chi connectivity index (χ0) is 10.5. The number of pyridine rings is 1. The summed E-state index contributed by atoms with van der Waals surface area (Å²) in [6.07, 6.45) is 12.3. The summed E-state index contributed by atoms with van der Waals surface area (Å²) in [7, 11) is 0. The molecule has 1 aliphatic rings. The van der Waals surface area contributed by atoms with Crippen LogP contribution in [0.2, 0.25) is 0 Å². The molecule has 0 N–H and O–H groups in total. The highest BCUT2D eigenvalue weighted by Gasteiger charge is 2.21. The van der Waals surface area contributed by atoms with Gasteiger partial charge in [-0.15, -0.1) is 0 Å². The molecule has 2 rings (SSSR count). The molecule has 1 aromatic rings. The maximum atomic E-state index is 4.08.